The Bertz CT molecular complexity index is 408. The molecule has 0 bridgehead atoms. The Hall–Kier alpha value is -1.39. The van der Waals surface area contributed by atoms with E-state index < -0.39 is 5.41 Å². The average Bonchev–Trinajstić information content (AvgIpc) is 2.65. The molecule has 0 saturated heterocycles. The zero-order chi connectivity index (χ0) is 12.5. The number of carbonyl (C=O) groups excluding carboxylic acids is 1. The van der Waals surface area contributed by atoms with E-state index in [-0.39, 0.29) is 12.0 Å². The monoisotopic (exact) mass is 237 g/mol. The van der Waals surface area contributed by atoms with Gasteiger partial charge in [-0.05, 0) is 33.6 Å². The van der Waals surface area contributed by atoms with Gasteiger partial charge in [0.05, 0.1) is 6.61 Å². The third-order valence-electron chi connectivity index (χ3n) is 3.43. The van der Waals surface area contributed by atoms with Gasteiger partial charge in [-0.25, -0.2) is 0 Å². The predicted octanol–water partition coefficient (Wildman–Crippen LogP) is 1.84. The molecule has 0 N–H and O–H groups in total. The maximum atomic E-state index is 12.1. The summed E-state index contributed by atoms with van der Waals surface area (Å²) < 4.78 is 7.16. The van der Waals surface area contributed by atoms with Crippen molar-refractivity contribution in [2.45, 2.75) is 51.5 Å². The largest absolute Gasteiger partial charge is 0.465 e. The molecule has 0 aromatic carbocycles. The fourth-order valence-corrected chi connectivity index (χ4v) is 2.28. The van der Waals surface area contributed by atoms with Crippen LogP contribution in [0, 0.1) is 0 Å². The van der Waals surface area contributed by atoms with Crippen molar-refractivity contribution in [1.29, 1.82) is 0 Å². The lowest BCUT2D eigenvalue weighted by Gasteiger charge is -2.38. The van der Waals surface area contributed by atoms with Crippen LogP contribution in [0.5, 0.6) is 0 Å². The van der Waals surface area contributed by atoms with Crippen molar-refractivity contribution < 1.29 is 9.53 Å². The fourth-order valence-electron chi connectivity index (χ4n) is 2.28. The molecular formula is C12H19N3O2. The van der Waals surface area contributed by atoms with Gasteiger partial charge in [0.1, 0.15) is 11.7 Å². The molecule has 1 heterocycles. The number of hydrogen-bond acceptors (Lipinski definition) is 4. The van der Waals surface area contributed by atoms with Crippen LogP contribution in [0.3, 0.4) is 0 Å². The first-order valence-corrected chi connectivity index (χ1v) is 6.19. The maximum Gasteiger partial charge on any atom is 0.319 e. The minimum Gasteiger partial charge on any atom is -0.465 e. The molecule has 17 heavy (non-hydrogen) atoms. The van der Waals surface area contributed by atoms with E-state index in [1.807, 2.05) is 11.5 Å². The van der Waals surface area contributed by atoms with Crippen LogP contribution in [-0.4, -0.2) is 27.3 Å². The van der Waals surface area contributed by atoms with Gasteiger partial charge in [-0.15, -0.1) is 10.2 Å². The van der Waals surface area contributed by atoms with Crippen molar-refractivity contribution in [3.05, 3.63) is 12.2 Å². The first-order chi connectivity index (χ1) is 8.12. The van der Waals surface area contributed by atoms with E-state index in [0.29, 0.717) is 6.61 Å². The molecular weight excluding hydrogens is 218 g/mol. The zero-order valence-corrected chi connectivity index (χ0v) is 10.6. The van der Waals surface area contributed by atoms with Crippen LogP contribution in [0.25, 0.3) is 0 Å². The lowest BCUT2D eigenvalue weighted by atomic mass is 9.68. The Labute approximate surface area is 101 Å². The van der Waals surface area contributed by atoms with Crippen LogP contribution in [0.2, 0.25) is 0 Å². The predicted molar refractivity (Wildman–Crippen MR) is 62.6 cm³/mol. The molecule has 0 atom stereocenters. The highest BCUT2D eigenvalue weighted by molar-refractivity contribution is 5.83. The molecule has 1 aromatic rings. The highest BCUT2D eigenvalue weighted by Gasteiger charge is 2.50. The summed E-state index contributed by atoms with van der Waals surface area (Å²) in [5, 5.41) is 8.09. The highest BCUT2D eigenvalue weighted by Crippen LogP contribution is 2.44. The number of nitrogens with zero attached hydrogens (tertiary/aromatic N) is 3. The lowest BCUT2D eigenvalue weighted by molar-refractivity contribution is -0.154. The highest BCUT2D eigenvalue weighted by atomic mass is 16.5. The molecule has 94 valence electrons. The Kier molecular flexibility index (Phi) is 3.17. The summed E-state index contributed by atoms with van der Waals surface area (Å²) in [5.41, 5.74) is -0.545. The van der Waals surface area contributed by atoms with Crippen LogP contribution >= 0.6 is 0 Å². The van der Waals surface area contributed by atoms with Crippen LogP contribution in [0.1, 0.15) is 51.9 Å². The smallest absolute Gasteiger partial charge is 0.319 e. The summed E-state index contributed by atoms with van der Waals surface area (Å²) in [6.07, 6.45) is 4.37. The van der Waals surface area contributed by atoms with Crippen molar-refractivity contribution in [3.8, 4) is 0 Å². The first kappa shape index (κ1) is 12.1. The molecule has 2 rings (SSSR count). The topological polar surface area (TPSA) is 57.0 Å². The fraction of sp³-hybridized carbons (Fsp3) is 0.750. The summed E-state index contributed by atoms with van der Waals surface area (Å²) in [7, 11) is 0. The molecule has 1 fully saturated rings. The molecule has 0 spiro atoms. The van der Waals surface area contributed by atoms with E-state index in [2.05, 4.69) is 24.0 Å². The van der Waals surface area contributed by atoms with Crippen LogP contribution < -0.4 is 0 Å². The minimum absolute atomic E-state index is 0.152. The van der Waals surface area contributed by atoms with Gasteiger partial charge in [-0.3, -0.25) is 4.79 Å². The van der Waals surface area contributed by atoms with Gasteiger partial charge in [0, 0.05) is 6.04 Å². The van der Waals surface area contributed by atoms with Crippen molar-refractivity contribution in [2.75, 3.05) is 6.61 Å². The summed E-state index contributed by atoms with van der Waals surface area (Å²) in [6, 6.07) is 0.256. The molecule has 1 aliphatic carbocycles. The SMILES string of the molecule is CCOC(=O)C1(c2nncn2C(C)C)CCC1. The number of esters is 1. The van der Waals surface area contributed by atoms with E-state index in [4.69, 9.17) is 4.74 Å². The normalized spacial score (nSPS) is 17.9. The third-order valence-corrected chi connectivity index (χ3v) is 3.43. The van der Waals surface area contributed by atoms with E-state index in [0.717, 1.165) is 25.1 Å². The lowest BCUT2D eigenvalue weighted by Crippen LogP contribution is -2.46. The minimum atomic E-state index is -0.545. The van der Waals surface area contributed by atoms with Gasteiger partial charge in [0.25, 0.3) is 0 Å². The van der Waals surface area contributed by atoms with Crippen molar-refractivity contribution in [2.24, 2.45) is 0 Å². The quantitative estimate of drug-likeness (QED) is 0.750. The van der Waals surface area contributed by atoms with Crippen molar-refractivity contribution >= 4 is 5.97 Å². The number of aromatic nitrogens is 3. The number of ether oxygens (including phenoxy) is 1. The molecule has 5 heteroatoms. The van der Waals surface area contributed by atoms with Gasteiger partial charge in [0.2, 0.25) is 0 Å². The summed E-state index contributed by atoms with van der Waals surface area (Å²) in [6.45, 7) is 6.36. The van der Waals surface area contributed by atoms with Gasteiger partial charge >= 0.3 is 5.97 Å². The third kappa shape index (κ3) is 1.83. The van der Waals surface area contributed by atoms with E-state index in [1.165, 1.54) is 0 Å². The average molecular weight is 237 g/mol. The Morgan fingerprint density at radius 1 is 1.59 bits per heavy atom. The van der Waals surface area contributed by atoms with E-state index >= 15 is 0 Å². The zero-order valence-electron chi connectivity index (χ0n) is 10.6. The molecule has 0 amide bonds. The summed E-state index contributed by atoms with van der Waals surface area (Å²) in [5.74, 6) is 0.610. The van der Waals surface area contributed by atoms with Crippen LogP contribution in [0.4, 0.5) is 0 Å². The molecule has 0 radical (unpaired) electrons. The Morgan fingerprint density at radius 2 is 2.29 bits per heavy atom. The van der Waals surface area contributed by atoms with Crippen molar-refractivity contribution in [1.82, 2.24) is 14.8 Å². The molecule has 0 aliphatic heterocycles. The second-order valence-corrected chi connectivity index (χ2v) is 4.81. The van der Waals surface area contributed by atoms with E-state index in [9.17, 15) is 4.79 Å². The number of carbonyl (C=O) groups is 1. The van der Waals surface area contributed by atoms with Crippen molar-refractivity contribution in [3.63, 3.8) is 0 Å². The van der Waals surface area contributed by atoms with Gasteiger partial charge < -0.3 is 9.30 Å². The molecule has 5 nitrogen and oxygen atoms in total. The van der Waals surface area contributed by atoms with Gasteiger partial charge in [-0.1, -0.05) is 6.42 Å². The summed E-state index contributed by atoms with van der Waals surface area (Å²) in [4.78, 5) is 12.1. The van der Waals surface area contributed by atoms with Gasteiger partial charge in [0.15, 0.2) is 5.82 Å². The molecule has 1 saturated carbocycles. The van der Waals surface area contributed by atoms with Gasteiger partial charge in [-0.2, -0.15) is 0 Å². The number of hydrogen-bond donors (Lipinski definition) is 0. The molecule has 0 unspecified atom stereocenters. The number of rotatable bonds is 4. The standard InChI is InChI=1S/C12H19N3O2/c1-4-17-11(16)12(6-5-7-12)10-14-13-8-15(10)9(2)3/h8-9H,4-7H2,1-3H3. The Morgan fingerprint density at radius 3 is 2.76 bits per heavy atom. The van der Waals surface area contributed by atoms with Crippen LogP contribution in [-0.2, 0) is 14.9 Å². The molecule has 1 aliphatic rings. The van der Waals surface area contributed by atoms with E-state index in [1.54, 1.807) is 6.33 Å². The summed E-state index contributed by atoms with van der Waals surface area (Å²) >= 11 is 0. The molecule has 1 aromatic heterocycles. The second-order valence-electron chi connectivity index (χ2n) is 4.81. The maximum absolute atomic E-state index is 12.1. The second kappa shape index (κ2) is 4.47. The first-order valence-electron chi connectivity index (χ1n) is 6.19. The van der Waals surface area contributed by atoms with Crippen LogP contribution in [0.15, 0.2) is 6.33 Å². The Balaban J connectivity index is 2.34.